The van der Waals surface area contributed by atoms with Crippen LogP contribution in [-0.4, -0.2) is 18.1 Å². The van der Waals surface area contributed by atoms with Crippen LogP contribution >= 0.6 is 0 Å². The number of hydrogen-bond acceptors (Lipinski definition) is 6. The molecular weight excluding hydrogens is 598 g/mol. The number of halogens is 6. The second kappa shape index (κ2) is 11.3. The van der Waals surface area contributed by atoms with Gasteiger partial charge in [0.1, 0.15) is 11.5 Å². The Bertz CT molecular complexity index is 1670. The van der Waals surface area contributed by atoms with Crippen LogP contribution in [0.2, 0.25) is 0 Å². The highest BCUT2D eigenvalue weighted by molar-refractivity contribution is 5.63. The molecular formula is C33H28F6N4O2. The van der Waals surface area contributed by atoms with Crippen LogP contribution in [0.1, 0.15) is 22.6 Å². The number of allylic oxidation sites excluding steroid dienone is 2. The first-order valence-electron chi connectivity index (χ1n) is 13.5. The molecule has 0 aliphatic heterocycles. The lowest BCUT2D eigenvalue weighted by Crippen LogP contribution is -2.56. The summed E-state index contributed by atoms with van der Waals surface area (Å²) in [7, 11) is 0. The summed E-state index contributed by atoms with van der Waals surface area (Å²) in [5, 5.41) is 0. The maximum Gasteiger partial charge on any atom is 0.411 e. The van der Waals surface area contributed by atoms with E-state index in [1.807, 2.05) is 0 Å². The zero-order chi connectivity index (χ0) is 32.6. The number of rotatable bonds is 7. The summed E-state index contributed by atoms with van der Waals surface area (Å²) in [5.41, 5.74) is 16.5. The average Bonchev–Trinajstić information content (AvgIpc) is 2.95. The molecule has 5 rings (SSSR count). The van der Waals surface area contributed by atoms with E-state index in [0.717, 1.165) is 24.3 Å². The van der Waals surface area contributed by atoms with Crippen LogP contribution in [-0.2, 0) is 5.41 Å². The Labute approximate surface area is 254 Å². The van der Waals surface area contributed by atoms with Crippen LogP contribution in [0, 0.1) is 0 Å². The highest BCUT2D eigenvalue weighted by Crippen LogP contribution is 2.59. The van der Waals surface area contributed by atoms with Crippen molar-refractivity contribution < 1.29 is 35.8 Å². The molecule has 0 saturated heterocycles. The Morgan fingerprint density at radius 2 is 1.13 bits per heavy atom. The van der Waals surface area contributed by atoms with Gasteiger partial charge in [0.2, 0.25) is 5.41 Å². The first-order chi connectivity index (χ1) is 21.2. The van der Waals surface area contributed by atoms with Crippen molar-refractivity contribution in [2.75, 3.05) is 22.9 Å². The second-order valence-corrected chi connectivity index (χ2v) is 10.5. The smallest absolute Gasteiger partial charge is 0.411 e. The number of hydrogen-bond donors (Lipinski definition) is 4. The van der Waals surface area contributed by atoms with E-state index in [0.29, 0.717) is 17.4 Å². The minimum absolute atomic E-state index is 0.161. The fourth-order valence-electron chi connectivity index (χ4n) is 5.53. The first-order valence-corrected chi connectivity index (χ1v) is 13.5. The maximum absolute atomic E-state index is 15.3. The molecule has 0 aromatic heterocycles. The van der Waals surface area contributed by atoms with Crippen molar-refractivity contribution in [3.8, 4) is 11.5 Å². The Kier molecular flexibility index (Phi) is 7.86. The standard InChI is InChI=1S/C33H28F6N4O2/c34-32(35,36)31(33(37,38)39,20-5-3-6-23(42)19-20)27-8-4-9-28(43)29(27)26-7-1-2-18-30(26,44-24-14-10-21(40)11-15-24)45-25-16-12-22(41)13-17-25/h1-19,26H,40-43H2. The number of alkyl halides is 6. The summed E-state index contributed by atoms with van der Waals surface area (Å²) in [4.78, 5) is 0. The van der Waals surface area contributed by atoms with Crippen LogP contribution in [0.4, 0.5) is 49.1 Å². The van der Waals surface area contributed by atoms with Crippen molar-refractivity contribution in [3.63, 3.8) is 0 Å². The summed E-state index contributed by atoms with van der Waals surface area (Å²) in [6.07, 6.45) is -6.09. The summed E-state index contributed by atoms with van der Waals surface area (Å²) >= 11 is 0. The molecule has 0 heterocycles. The molecule has 4 aromatic carbocycles. The molecule has 0 saturated carbocycles. The van der Waals surface area contributed by atoms with E-state index >= 15 is 26.3 Å². The maximum atomic E-state index is 15.3. The third-order valence-corrected chi connectivity index (χ3v) is 7.52. The zero-order valence-corrected chi connectivity index (χ0v) is 23.4. The number of nitrogen functional groups attached to an aromatic ring is 4. The van der Waals surface area contributed by atoms with Crippen molar-refractivity contribution in [1.82, 2.24) is 0 Å². The topological polar surface area (TPSA) is 123 Å². The Morgan fingerprint density at radius 3 is 1.64 bits per heavy atom. The van der Waals surface area contributed by atoms with Crippen molar-refractivity contribution in [2.24, 2.45) is 0 Å². The number of ether oxygens (including phenoxy) is 2. The molecule has 8 N–H and O–H groups in total. The van der Waals surface area contributed by atoms with Gasteiger partial charge in [0, 0.05) is 28.8 Å². The zero-order valence-electron chi connectivity index (χ0n) is 23.4. The molecule has 234 valence electrons. The monoisotopic (exact) mass is 626 g/mol. The summed E-state index contributed by atoms with van der Waals surface area (Å²) in [6.45, 7) is 0. The molecule has 0 fully saturated rings. The van der Waals surface area contributed by atoms with E-state index in [1.54, 1.807) is 0 Å². The van der Waals surface area contributed by atoms with Gasteiger partial charge in [0.05, 0.1) is 5.92 Å². The molecule has 1 aliphatic carbocycles. The molecule has 12 heteroatoms. The molecule has 0 radical (unpaired) electrons. The molecule has 0 amide bonds. The van der Waals surface area contributed by atoms with E-state index in [1.165, 1.54) is 85.0 Å². The van der Waals surface area contributed by atoms with Crippen LogP contribution in [0.25, 0.3) is 0 Å². The van der Waals surface area contributed by atoms with E-state index in [9.17, 15) is 0 Å². The van der Waals surface area contributed by atoms with Gasteiger partial charge in [-0.25, -0.2) is 0 Å². The van der Waals surface area contributed by atoms with Gasteiger partial charge in [-0.15, -0.1) is 0 Å². The number of benzene rings is 4. The lowest BCUT2D eigenvalue weighted by molar-refractivity contribution is -0.289. The lowest BCUT2D eigenvalue weighted by Gasteiger charge is -2.44. The molecule has 1 aliphatic rings. The first kappa shape index (κ1) is 31.2. The number of anilines is 4. The van der Waals surface area contributed by atoms with Crippen LogP contribution < -0.4 is 32.4 Å². The third kappa shape index (κ3) is 5.59. The largest absolute Gasteiger partial charge is 0.448 e. The molecule has 45 heavy (non-hydrogen) atoms. The molecule has 1 unspecified atom stereocenters. The minimum atomic E-state index is -5.91. The normalized spacial score (nSPS) is 16.4. The summed E-state index contributed by atoms with van der Waals surface area (Å²) in [5.74, 6) is -3.19. The quantitative estimate of drug-likeness (QED) is 0.0958. The van der Waals surface area contributed by atoms with Gasteiger partial charge in [-0.05, 0) is 83.4 Å². The third-order valence-electron chi connectivity index (χ3n) is 7.52. The molecule has 1 atom stereocenters. The van der Waals surface area contributed by atoms with E-state index < -0.39 is 46.2 Å². The van der Waals surface area contributed by atoms with Crippen molar-refractivity contribution in [2.45, 2.75) is 29.5 Å². The van der Waals surface area contributed by atoms with Gasteiger partial charge in [-0.3, -0.25) is 0 Å². The molecule has 6 nitrogen and oxygen atoms in total. The summed E-state index contributed by atoms with van der Waals surface area (Å²) in [6, 6.07) is 18.7. The van der Waals surface area contributed by atoms with Gasteiger partial charge in [-0.1, -0.05) is 42.5 Å². The van der Waals surface area contributed by atoms with Gasteiger partial charge >= 0.3 is 12.4 Å². The Balaban J connectivity index is 1.83. The van der Waals surface area contributed by atoms with Gasteiger partial charge in [0.25, 0.3) is 5.79 Å². The SMILES string of the molecule is Nc1ccc(OC2(Oc3ccc(N)cc3)C=CC=CC2c2c(N)cccc2C(c2cccc(N)c2)(C(F)(F)F)C(F)(F)F)cc1. The predicted octanol–water partition coefficient (Wildman–Crippen LogP) is 7.49. The Hall–Kier alpha value is -5.26. The molecule has 0 bridgehead atoms. The minimum Gasteiger partial charge on any atom is -0.448 e. The average molecular weight is 627 g/mol. The van der Waals surface area contributed by atoms with Gasteiger partial charge < -0.3 is 32.4 Å². The Morgan fingerprint density at radius 1 is 0.600 bits per heavy atom. The fourth-order valence-corrected chi connectivity index (χ4v) is 5.53. The van der Waals surface area contributed by atoms with Crippen LogP contribution in [0.3, 0.4) is 0 Å². The highest BCUT2D eigenvalue weighted by atomic mass is 19.4. The fraction of sp³-hybridized carbons (Fsp3) is 0.152. The van der Waals surface area contributed by atoms with E-state index in [4.69, 9.17) is 32.4 Å². The van der Waals surface area contributed by atoms with Crippen molar-refractivity contribution in [3.05, 3.63) is 132 Å². The summed E-state index contributed by atoms with van der Waals surface area (Å²) < 4.78 is 104. The van der Waals surface area contributed by atoms with Crippen LogP contribution in [0.5, 0.6) is 11.5 Å². The van der Waals surface area contributed by atoms with E-state index in [-0.39, 0.29) is 22.9 Å². The number of nitrogens with two attached hydrogens (primary N) is 4. The van der Waals surface area contributed by atoms with Gasteiger partial charge in [0.15, 0.2) is 0 Å². The lowest BCUT2D eigenvalue weighted by atomic mass is 9.68. The van der Waals surface area contributed by atoms with Crippen molar-refractivity contribution in [1.29, 1.82) is 0 Å². The van der Waals surface area contributed by atoms with Gasteiger partial charge in [-0.2, -0.15) is 26.3 Å². The van der Waals surface area contributed by atoms with Crippen molar-refractivity contribution >= 4 is 22.7 Å². The second-order valence-electron chi connectivity index (χ2n) is 10.5. The predicted molar refractivity (Wildman–Crippen MR) is 161 cm³/mol. The van der Waals surface area contributed by atoms with E-state index in [2.05, 4.69) is 0 Å². The molecule has 4 aromatic rings. The highest BCUT2D eigenvalue weighted by Gasteiger charge is 2.73. The van der Waals surface area contributed by atoms with Crippen LogP contribution in [0.15, 0.2) is 115 Å². The molecule has 0 spiro atoms.